The normalized spacial score (nSPS) is 19.6. The lowest BCUT2D eigenvalue weighted by molar-refractivity contribution is -0.123. The summed E-state index contributed by atoms with van der Waals surface area (Å²) >= 11 is 0. The summed E-state index contributed by atoms with van der Waals surface area (Å²) in [4.78, 5) is 13.4. The number of rotatable bonds is 6. The molecule has 3 rings (SSSR count). The third-order valence-corrected chi connectivity index (χ3v) is 4.11. The summed E-state index contributed by atoms with van der Waals surface area (Å²) in [6.07, 6.45) is 1.06. The predicted molar refractivity (Wildman–Crippen MR) is 95.1 cm³/mol. The SMILES string of the molecule is Cl.O=C(CCCn1nnc(-c2ccc(F)cc2)n1)N[C@@H]1CCNC[C@H]1O. The van der Waals surface area contributed by atoms with Gasteiger partial charge < -0.3 is 15.7 Å². The van der Waals surface area contributed by atoms with Crippen LogP contribution in [0, 0.1) is 5.82 Å². The third-order valence-electron chi connectivity index (χ3n) is 4.11. The summed E-state index contributed by atoms with van der Waals surface area (Å²) in [6, 6.07) is 5.68. The molecule has 1 aromatic heterocycles. The van der Waals surface area contributed by atoms with Gasteiger partial charge in [0.1, 0.15) is 5.82 Å². The number of aromatic nitrogens is 4. The molecule has 1 aliphatic heterocycles. The Labute approximate surface area is 156 Å². The summed E-state index contributed by atoms with van der Waals surface area (Å²) in [5.41, 5.74) is 0.685. The molecule has 2 heterocycles. The number of nitrogens with one attached hydrogen (secondary N) is 2. The molecule has 3 N–H and O–H groups in total. The van der Waals surface area contributed by atoms with Gasteiger partial charge in [-0.2, -0.15) is 4.80 Å². The van der Waals surface area contributed by atoms with E-state index < -0.39 is 6.10 Å². The maximum absolute atomic E-state index is 12.9. The van der Waals surface area contributed by atoms with E-state index in [2.05, 4.69) is 26.0 Å². The zero-order valence-corrected chi connectivity index (χ0v) is 15.0. The fourth-order valence-electron chi connectivity index (χ4n) is 2.72. The third kappa shape index (κ3) is 5.45. The fraction of sp³-hybridized carbons (Fsp3) is 0.500. The van der Waals surface area contributed by atoms with E-state index >= 15 is 0 Å². The molecular weight excluding hydrogens is 363 g/mol. The molecule has 0 radical (unpaired) electrons. The van der Waals surface area contributed by atoms with Gasteiger partial charge in [-0.15, -0.1) is 22.6 Å². The number of amides is 1. The number of halogens is 2. The highest BCUT2D eigenvalue weighted by molar-refractivity contribution is 5.85. The van der Waals surface area contributed by atoms with E-state index in [4.69, 9.17) is 0 Å². The van der Waals surface area contributed by atoms with Crippen LogP contribution in [0.15, 0.2) is 24.3 Å². The summed E-state index contributed by atoms with van der Waals surface area (Å²) < 4.78 is 12.9. The number of piperidine rings is 1. The average molecular weight is 385 g/mol. The molecule has 1 fully saturated rings. The summed E-state index contributed by atoms with van der Waals surface area (Å²) in [5.74, 6) is 0.00752. The molecule has 1 aliphatic rings. The van der Waals surface area contributed by atoms with Crippen LogP contribution < -0.4 is 10.6 Å². The lowest BCUT2D eigenvalue weighted by atomic mass is 10.0. The van der Waals surface area contributed by atoms with Crippen molar-refractivity contribution < 1.29 is 14.3 Å². The molecule has 1 aromatic carbocycles. The number of β-amino-alcohol motifs (C(OH)–C–C–N with tert-alkyl or cyclic N) is 1. The molecule has 2 aromatic rings. The molecule has 1 amide bonds. The molecular formula is C16H22ClFN6O2. The van der Waals surface area contributed by atoms with Crippen LogP contribution in [0.25, 0.3) is 11.4 Å². The Bertz CT molecular complexity index is 711. The van der Waals surface area contributed by atoms with Gasteiger partial charge in [-0.25, -0.2) is 4.39 Å². The Kier molecular flexibility index (Phi) is 7.43. The number of carbonyl (C=O) groups excluding carboxylic acids is 1. The molecule has 0 aliphatic carbocycles. The first-order valence-corrected chi connectivity index (χ1v) is 8.34. The molecule has 0 saturated carbocycles. The molecule has 1 saturated heterocycles. The number of aryl methyl sites for hydroxylation is 1. The van der Waals surface area contributed by atoms with Crippen LogP contribution in [0.4, 0.5) is 4.39 Å². The molecule has 0 unspecified atom stereocenters. The number of hydrogen-bond donors (Lipinski definition) is 3. The minimum Gasteiger partial charge on any atom is -0.390 e. The number of carbonyl (C=O) groups is 1. The molecule has 0 bridgehead atoms. The second kappa shape index (κ2) is 9.56. The molecule has 142 valence electrons. The fourth-order valence-corrected chi connectivity index (χ4v) is 2.72. The van der Waals surface area contributed by atoms with Crippen LogP contribution in [0.5, 0.6) is 0 Å². The summed E-state index contributed by atoms with van der Waals surface area (Å²) in [6.45, 7) is 1.74. The van der Waals surface area contributed by atoms with Gasteiger partial charge in [-0.3, -0.25) is 4.79 Å². The van der Waals surface area contributed by atoms with Crippen molar-refractivity contribution >= 4 is 18.3 Å². The second-order valence-electron chi connectivity index (χ2n) is 6.05. The van der Waals surface area contributed by atoms with Crippen LogP contribution in [-0.2, 0) is 11.3 Å². The first-order valence-electron chi connectivity index (χ1n) is 8.34. The van der Waals surface area contributed by atoms with E-state index in [0.717, 1.165) is 13.0 Å². The van der Waals surface area contributed by atoms with E-state index in [0.29, 0.717) is 37.3 Å². The van der Waals surface area contributed by atoms with Gasteiger partial charge >= 0.3 is 0 Å². The molecule has 8 nitrogen and oxygen atoms in total. The summed E-state index contributed by atoms with van der Waals surface area (Å²) in [7, 11) is 0. The zero-order chi connectivity index (χ0) is 17.6. The molecule has 2 atom stereocenters. The smallest absolute Gasteiger partial charge is 0.220 e. The van der Waals surface area contributed by atoms with Crippen LogP contribution in [0.1, 0.15) is 19.3 Å². The van der Waals surface area contributed by atoms with Gasteiger partial charge in [-0.1, -0.05) is 0 Å². The zero-order valence-electron chi connectivity index (χ0n) is 14.1. The average Bonchev–Trinajstić information content (AvgIpc) is 3.06. The maximum atomic E-state index is 12.9. The van der Waals surface area contributed by atoms with E-state index in [9.17, 15) is 14.3 Å². The van der Waals surface area contributed by atoms with E-state index in [-0.39, 0.29) is 30.2 Å². The number of hydrogen-bond acceptors (Lipinski definition) is 6. The van der Waals surface area contributed by atoms with Crippen molar-refractivity contribution in [2.75, 3.05) is 13.1 Å². The Morgan fingerprint density at radius 1 is 1.38 bits per heavy atom. The van der Waals surface area contributed by atoms with E-state index in [1.807, 2.05) is 0 Å². The summed E-state index contributed by atoms with van der Waals surface area (Å²) in [5, 5.41) is 27.9. The number of benzene rings is 1. The van der Waals surface area contributed by atoms with Crippen molar-refractivity contribution in [3.05, 3.63) is 30.1 Å². The topological polar surface area (TPSA) is 105 Å². The predicted octanol–water partition coefficient (Wildman–Crippen LogP) is 0.520. The van der Waals surface area contributed by atoms with Gasteiger partial charge in [0.25, 0.3) is 0 Å². The first kappa shape index (κ1) is 20.2. The number of aliphatic hydroxyl groups is 1. The van der Waals surface area contributed by atoms with Crippen LogP contribution in [0.3, 0.4) is 0 Å². The second-order valence-corrected chi connectivity index (χ2v) is 6.05. The van der Waals surface area contributed by atoms with Crippen molar-refractivity contribution in [1.29, 1.82) is 0 Å². The Morgan fingerprint density at radius 3 is 2.88 bits per heavy atom. The minimum absolute atomic E-state index is 0. The maximum Gasteiger partial charge on any atom is 0.220 e. The van der Waals surface area contributed by atoms with Gasteiger partial charge in [-0.05, 0) is 48.9 Å². The van der Waals surface area contributed by atoms with Crippen LogP contribution in [0.2, 0.25) is 0 Å². The van der Waals surface area contributed by atoms with Gasteiger partial charge in [0.05, 0.1) is 18.7 Å². The molecule has 0 spiro atoms. The highest BCUT2D eigenvalue weighted by Gasteiger charge is 2.23. The van der Waals surface area contributed by atoms with Crippen molar-refractivity contribution in [3.8, 4) is 11.4 Å². The standard InChI is InChI=1S/C16H21FN6O2.ClH/c17-12-5-3-11(4-6-12)16-20-22-23(21-16)9-1-2-15(25)19-13-7-8-18-10-14(13)24;/h3-6,13-14,18,24H,1-2,7-10H2,(H,19,25);1H/t13-,14-;/m1./s1. The van der Waals surface area contributed by atoms with Crippen molar-refractivity contribution in [1.82, 2.24) is 30.8 Å². The van der Waals surface area contributed by atoms with Gasteiger partial charge in [0.2, 0.25) is 11.7 Å². The molecule has 10 heteroatoms. The number of nitrogens with zero attached hydrogens (tertiary/aromatic N) is 4. The monoisotopic (exact) mass is 384 g/mol. The highest BCUT2D eigenvalue weighted by atomic mass is 35.5. The lowest BCUT2D eigenvalue weighted by Crippen LogP contribution is -2.52. The van der Waals surface area contributed by atoms with Crippen molar-refractivity contribution in [2.24, 2.45) is 0 Å². The first-order chi connectivity index (χ1) is 12.1. The van der Waals surface area contributed by atoms with Crippen molar-refractivity contribution in [3.63, 3.8) is 0 Å². The largest absolute Gasteiger partial charge is 0.390 e. The van der Waals surface area contributed by atoms with Crippen LogP contribution >= 0.6 is 12.4 Å². The van der Waals surface area contributed by atoms with Gasteiger partial charge in [0, 0.05) is 18.5 Å². The van der Waals surface area contributed by atoms with E-state index in [1.165, 1.54) is 16.9 Å². The van der Waals surface area contributed by atoms with Gasteiger partial charge in [0.15, 0.2) is 0 Å². The van der Waals surface area contributed by atoms with Crippen LogP contribution in [-0.4, -0.2) is 56.5 Å². The molecule has 26 heavy (non-hydrogen) atoms. The Morgan fingerprint density at radius 2 is 2.15 bits per heavy atom. The van der Waals surface area contributed by atoms with Crippen molar-refractivity contribution in [2.45, 2.75) is 38.0 Å². The van der Waals surface area contributed by atoms with E-state index in [1.54, 1.807) is 12.1 Å². The minimum atomic E-state index is -0.548. The highest BCUT2D eigenvalue weighted by Crippen LogP contribution is 2.13. The number of aliphatic hydroxyl groups excluding tert-OH is 1. The quantitative estimate of drug-likeness (QED) is 0.670. The number of tetrazole rings is 1. The Balaban J connectivity index is 0.00000243. The lowest BCUT2D eigenvalue weighted by Gasteiger charge is -2.29. The Hall–Kier alpha value is -2.10.